The average Bonchev–Trinajstić information content (AvgIpc) is 2.01. The van der Waals surface area contributed by atoms with Gasteiger partial charge in [0.2, 0.25) is 5.88 Å². The van der Waals surface area contributed by atoms with E-state index in [1.807, 2.05) is 0 Å². The lowest BCUT2D eigenvalue weighted by molar-refractivity contribution is -0.141. The van der Waals surface area contributed by atoms with Gasteiger partial charge in [0.25, 0.3) is 0 Å². The van der Waals surface area contributed by atoms with Crippen molar-refractivity contribution in [1.82, 2.24) is 9.97 Å². The molecule has 0 aliphatic rings. The van der Waals surface area contributed by atoms with Gasteiger partial charge in [0, 0.05) is 6.07 Å². The molecule has 0 aromatic carbocycles. The molecule has 0 bridgehead atoms. The molecular weight excluding hydrogens is 189 g/mol. The van der Waals surface area contributed by atoms with Crippen LogP contribution in [0.3, 0.4) is 0 Å². The topological polar surface area (TPSA) is 55.0 Å². The molecule has 1 aromatic rings. The van der Waals surface area contributed by atoms with Gasteiger partial charge in [0.1, 0.15) is 5.69 Å². The third-order valence-corrected chi connectivity index (χ3v) is 1.24. The number of halogens is 3. The molecule has 13 heavy (non-hydrogen) atoms. The van der Waals surface area contributed by atoms with Crippen molar-refractivity contribution in [1.29, 1.82) is 0 Å². The van der Waals surface area contributed by atoms with Crippen molar-refractivity contribution in [3.05, 3.63) is 22.2 Å². The molecule has 0 saturated carbocycles. The average molecular weight is 194 g/mol. The number of rotatable bonds is 1. The second-order valence-corrected chi connectivity index (χ2v) is 2.14. The van der Waals surface area contributed by atoms with E-state index in [2.05, 4.69) is 9.72 Å². The molecule has 0 aliphatic heterocycles. The van der Waals surface area contributed by atoms with Crippen LogP contribution in [0.4, 0.5) is 13.2 Å². The Hall–Kier alpha value is -1.53. The second-order valence-electron chi connectivity index (χ2n) is 2.14. The third-order valence-electron chi connectivity index (χ3n) is 1.24. The fourth-order valence-corrected chi connectivity index (χ4v) is 0.692. The van der Waals surface area contributed by atoms with Crippen LogP contribution in [0.5, 0.6) is 5.88 Å². The minimum atomic E-state index is -4.60. The molecule has 0 saturated heterocycles. The fourth-order valence-electron chi connectivity index (χ4n) is 0.692. The maximum absolute atomic E-state index is 12.0. The Morgan fingerprint density at radius 3 is 2.62 bits per heavy atom. The minimum absolute atomic E-state index is 0.365. The zero-order chi connectivity index (χ0) is 10.1. The van der Waals surface area contributed by atoms with Gasteiger partial charge in [-0.1, -0.05) is 0 Å². The molecule has 1 aromatic heterocycles. The standard InChI is InChI=1S/C6H5F3N2O2/c1-13-4-2-3(6(7,8)9)10-5(12)11-4/h2H,1H3,(H,10,11,12). The molecule has 0 spiro atoms. The van der Waals surface area contributed by atoms with Crippen LogP contribution in [0.25, 0.3) is 0 Å². The Morgan fingerprint density at radius 1 is 1.54 bits per heavy atom. The summed E-state index contributed by atoms with van der Waals surface area (Å²) in [7, 11) is 1.13. The first-order chi connectivity index (χ1) is 5.93. The number of methoxy groups -OCH3 is 1. The first-order valence-electron chi connectivity index (χ1n) is 3.16. The lowest BCUT2D eigenvalue weighted by Gasteiger charge is -2.06. The highest BCUT2D eigenvalue weighted by Crippen LogP contribution is 2.27. The first kappa shape index (κ1) is 9.56. The van der Waals surface area contributed by atoms with Crippen molar-refractivity contribution in [2.45, 2.75) is 6.18 Å². The Labute approximate surface area is 70.4 Å². The molecule has 0 fully saturated rings. The summed E-state index contributed by atoms with van der Waals surface area (Å²) in [5.41, 5.74) is -2.27. The van der Waals surface area contributed by atoms with Crippen molar-refractivity contribution in [3.63, 3.8) is 0 Å². The summed E-state index contributed by atoms with van der Waals surface area (Å²) < 4.78 is 40.5. The smallest absolute Gasteiger partial charge is 0.431 e. The summed E-state index contributed by atoms with van der Waals surface area (Å²) in [4.78, 5) is 15.3. The van der Waals surface area contributed by atoms with Crippen LogP contribution < -0.4 is 10.4 Å². The Balaban J connectivity index is 3.24. The molecule has 0 aliphatic carbocycles. The quantitative estimate of drug-likeness (QED) is 0.719. The zero-order valence-corrected chi connectivity index (χ0v) is 6.47. The largest absolute Gasteiger partial charge is 0.481 e. The van der Waals surface area contributed by atoms with Gasteiger partial charge >= 0.3 is 11.9 Å². The van der Waals surface area contributed by atoms with E-state index in [0.29, 0.717) is 6.07 Å². The number of nitrogens with one attached hydrogen (secondary N) is 1. The minimum Gasteiger partial charge on any atom is -0.481 e. The molecular formula is C6H5F3N2O2. The number of nitrogens with zero attached hydrogens (tertiary/aromatic N) is 1. The highest BCUT2D eigenvalue weighted by Gasteiger charge is 2.32. The van der Waals surface area contributed by atoms with Gasteiger partial charge in [-0.3, -0.25) is 0 Å². The van der Waals surface area contributed by atoms with Gasteiger partial charge in [-0.05, 0) is 0 Å². The van der Waals surface area contributed by atoms with Crippen molar-refractivity contribution in [2.24, 2.45) is 0 Å². The molecule has 1 N–H and O–H groups in total. The van der Waals surface area contributed by atoms with Crippen LogP contribution in [-0.4, -0.2) is 17.1 Å². The zero-order valence-electron chi connectivity index (χ0n) is 6.47. The molecule has 4 nitrogen and oxygen atoms in total. The molecule has 0 unspecified atom stereocenters. The van der Waals surface area contributed by atoms with Gasteiger partial charge in [-0.25, -0.2) is 4.79 Å². The van der Waals surface area contributed by atoms with Gasteiger partial charge < -0.3 is 9.72 Å². The van der Waals surface area contributed by atoms with E-state index >= 15 is 0 Å². The maximum Gasteiger partial charge on any atom is 0.431 e. The molecule has 0 atom stereocenters. The predicted molar refractivity (Wildman–Crippen MR) is 36.4 cm³/mol. The number of ether oxygens (including phenoxy) is 1. The summed E-state index contributed by atoms with van der Waals surface area (Å²) in [6.45, 7) is 0. The monoisotopic (exact) mass is 194 g/mol. The van der Waals surface area contributed by atoms with E-state index < -0.39 is 17.6 Å². The predicted octanol–water partition coefficient (Wildman–Crippen LogP) is 0.797. The first-order valence-corrected chi connectivity index (χ1v) is 3.16. The van der Waals surface area contributed by atoms with E-state index in [-0.39, 0.29) is 5.88 Å². The van der Waals surface area contributed by atoms with E-state index in [1.54, 1.807) is 4.98 Å². The van der Waals surface area contributed by atoms with Crippen LogP contribution in [0.2, 0.25) is 0 Å². The van der Waals surface area contributed by atoms with Crippen molar-refractivity contribution in [2.75, 3.05) is 7.11 Å². The van der Waals surface area contributed by atoms with Crippen LogP contribution in [0, 0.1) is 0 Å². The van der Waals surface area contributed by atoms with Crippen LogP contribution in [0.1, 0.15) is 5.69 Å². The van der Waals surface area contributed by atoms with Crippen molar-refractivity contribution in [3.8, 4) is 5.88 Å². The summed E-state index contributed by atoms with van der Waals surface area (Å²) in [6, 6.07) is 0.612. The fraction of sp³-hybridized carbons (Fsp3) is 0.333. The maximum atomic E-state index is 12.0. The number of H-pyrrole nitrogens is 1. The Bertz CT molecular complexity index is 358. The normalized spacial score (nSPS) is 11.4. The molecule has 1 rings (SSSR count). The Kier molecular flexibility index (Phi) is 2.26. The van der Waals surface area contributed by atoms with Crippen molar-refractivity contribution >= 4 is 0 Å². The SMILES string of the molecule is COc1cc(C(F)(F)F)[nH]c(=O)n1. The highest BCUT2D eigenvalue weighted by atomic mass is 19.4. The van der Waals surface area contributed by atoms with Gasteiger partial charge in [0.05, 0.1) is 7.11 Å². The van der Waals surface area contributed by atoms with Crippen LogP contribution >= 0.6 is 0 Å². The number of hydrogen-bond acceptors (Lipinski definition) is 3. The number of hydrogen-bond donors (Lipinski definition) is 1. The summed E-state index contributed by atoms with van der Waals surface area (Å²) in [6.07, 6.45) is -4.60. The highest BCUT2D eigenvalue weighted by molar-refractivity contribution is 5.15. The van der Waals surface area contributed by atoms with Gasteiger partial charge in [-0.15, -0.1) is 0 Å². The van der Waals surface area contributed by atoms with Gasteiger partial charge in [-0.2, -0.15) is 18.2 Å². The molecule has 72 valence electrons. The van der Waals surface area contributed by atoms with Gasteiger partial charge in [0.15, 0.2) is 0 Å². The number of aromatic amines is 1. The molecule has 7 heteroatoms. The Morgan fingerprint density at radius 2 is 2.15 bits per heavy atom. The van der Waals surface area contributed by atoms with E-state index in [4.69, 9.17) is 0 Å². The molecule has 1 heterocycles. The van der Waals surface area contributed by atoms with Crippen LogP contribution in [-0.2, 0) is 6.18 Å². The summed E-state index contributed by atoms with van der Waals surface area (Å²) in [5.74, 6) is -0.365. The van der Waals surface area contributed by atoms with Crippen molar-refractivity contribution < 1.29 is 17.9 Å². The van der Waals surface area contributed by atoms with E-state index in [1.165, 1.54) is 0 Å². The second kappa shape index (κ2) is 3.08. The number of aromatic nitrogens is 2. The third kappa shape index (κ3) is 2.20. The lowest BCUT2D eigenvalue weighted by atomic mass is 10.4. The summed E-state index contributed by atoms with van der Waals surface area (Å²) in [5, 5.41) is 0. The summed E-state index contributed by atoms with van der Waals surface area (Å²) >= 11 is 0. The van der Waals surface area contributed by atoms with E-state index in [0.717, 1.165) is 7.11 Å². The number of alkyl halides is 3. The lowest BCUT2D eigenvalue weighted by Crippen LogP contribution is -2.19. The molecule has 0 amide bonds. The van der Waals surface area contributed by atoms with E-state index in [9.17, 15) is 18.0 Å². The molecule has 0 radical (unpaired) electrons. The van der Waals surface area contributed by atoms with Crippen LogP contribution in [0.15, 0.2) is 10.9 Å².